The smallest absolute Gasteiger partial charge is 0.434 e. The maximum absolute atomic E-state index is 11.9. The minimum Gasteiger partial charge on any atom is -0.434 e. The zero-order chi connectivity index (χ0) is 35.9. The van der Waals surface area contributed by atoms with Crippen molar-refractivity contribution < 1.29 is 28.5 Å². The first-order valence-corrected chi connectivity index (χ1v) is 17.4. The van der Waals surface area contributed by atoms with Crippen LogP contribution in [-0.4, -0.2) is 51.7 Å². The topological polar surface area (TPSA) is 77.5 Å². The lowest BCUT2D eigenvalue weighted by Crippen LogP contribution is -2.21. The van der Waals surface area contributed by atoms with Crippen molar-refractivity contribution in [2.75, 3.05) is 49.2 Å². The van der Waals surface area contributed by atoms with Crippen LogP contribution >= 0.6 is 0 Å². The lowest BCUT2D eigenvalue weighted by molar-refractivity contribution is 0.103. The largest absolute Gasteiger partial charge is 0.513 e. The van der Waals surface area contributed by atoms with Crippen molar-refractivity contribution in [3.05, 3.63) is 131 Å². The minimum atomic E-state index is -0.750. The fourth-order valence-electron chi connectivity index (χ4n) is 5.66. The molecule has 4 aromatic carbocycles. The van der Waals surface area contributed by atoms with Gasteiger partial charge in [0.2, 0.25) is 0 Å². The van der Waals surface area contributed by atoms with Gasteiger partial charge in [0.05, 0.1) is 13.2 Å². The van der Waals surface area contributed by atoms with Crippen LogP contribution in [0.25, 0.3) is 11.1 Å². The van der Waals surface area contributed by atoms with Gasteiger partial charge in [-0.3, -0.25) is 0 Å². The molecule has 0 bridgehead atoms. The number of ether oxygens (including phenoxy) is 4. The zero-order valence-electron chi connectivity index (χ0n) is 30.0. The van der Waals surface area contributed by atoms with Crippen molar-refractivity contribution in [3.63, 3.8) is 0 Å². The molecule has 0 spiro atoms. The van der Waals surface area contributed by atoms with E-state index >= 15 is 0 Å². The second-order valence-corrected chi connectivity index (χ2v) is 11.2. The first-order chi connectivity index (χ1) is 24.3. The Morgan fingerprint density at radius 3 is 1.00 bits per heavy atom. The molecule has 0 amide bonds. The first kappa shape index (κ1) is 37.3. The second kappa shape index (κ2) is 18.9. The van der Waals surface area contributed by atoms with E-state index in [0.29, 0.717) is 11.5 Å². The van der Waals surface area contributed by atoms with Crippen molar-refractivity contribution in [1.29, 1.82) is 0 Å². The normalized spacial score (nSPS) is 10.4. The number of carbonyl (C=O) groups is 2. The molecular weight excluding hydrogens is 628 g/mol. The number of nitrogens with zero attached hydrogens (tertiary/aromatic N) is 2. The number of anilines is 2. The molecule has 8 heteroatoms. The van der Waals surface area contributed by atoms with E-state index in [1.807, 2.05) is 24.3 Å². The Hall–Kier alpha value is -5.50. The van der Waals surface area contributed by atoms with Gasteiger partial charge in [0.1, 0.15) is 11.5 Å². The number of hydrogen-bond acceptors (Lipinski definition) is 8. The number of allylic oxidation sites excluding steroid dienone is 2. The monoisotopic (exact) mass is 676 g/mol. The van der Waals surface area contributed by atoms with Crippen molar-refractivity contribution in [1.82, 2.24) is 0 Å². The van der Waals surface area contributed by atoms with Gasteiger partial charge in [-0.1, -0.05) is 60.7 Å². The lowest BCUT2D eigenvalue weighted by atomic mass is 9.93. The molecule has 0 aromatic heterocycles. The lowest BCUT2D eigenvalue weighted by Gasteiger charge is -2.22. The summed E-state index contributed by atoms with van der Waals surface area (Å²) in [7, 11) is 0. The Bertz CT molecular complexity index is 1600. The first-order valence-electron chi connectivity index (χ1n) is 17.4. The van der Waals surface area contributed by atoms with Crippen molar-refractivity contribution >= 4 is 34.8 Å². The molecule has 4 rings (SSSR count). The van der Waals surface area contributed by atoms with Crippen LogP contribution < -0.4 is 19.3 Å². The van der Waals surface area contributed by atoms with E-state index in [1.165, 1.54) is 11.4 Å². The fourth-order valence-corrected chi connectivity index (χ4v) is 5.66. The minimum absolute atomic E-state index is 0.227. The average molecular weight is 677 g/mol. The van der Waals surface area contributed by atoms with Gasteiger partial charge in [-0.25, -0.2) is 9.59 Å². The summed E-state index contributed by atoms with van der Waals surface area (Å²) in [6, 6.07) is 31.9. The molecule has 4 aromatic rings. The van der Waals surface area contributed by atoms with Crippen LogP contribution in [0.2, 0.25) is 0 Å². The van der Waals surface area contributed by atoms with Crippen molar-refractivity contribution in [2.24, 2.45) is 0 Å². The van der Waals surface area contributed by atoms with Gasteiger partial charge in [-0.05, 0) is 123 Å². The summed E-state index contributed by atoms with van der Waals surface area (Å²) in [6.45, 7) is 16.3. The summed E-state index contributed by atoms with van der Waals surface area (Å²) in [5, 5.41) is 0. The molecular formula is C42H48N2O6. The molecule has 0 heterocycles. The number of hydrogen-bond donors (Lipinski definition) is 0. The molecule has 0 radical (unpaired) electrons. The molecule has 0 saturated carbocycles. The van der Waals surface area contributed by atoms with E-state index < -0.39 is 12.3 Å². The summed E-state index contributed by atoms with van der Waals surface area (Å²) in [5.74, 6) is 0.755. The molecule has 0 N–H and O–H groups in total. The van der Waals surface area contributed by atoms with E-state index in [0.717, 1.165) is 59.6 Å². The van der Waals surface area contributed by atoms with Crippen LogP contribution in [0.4, 0.5) is 21.0 Å². The van der Waals surface area contributed by atoms with Gasteiger partial charge >= 0.3 is 12.3 Å². The Kier molecular flexibility index (Phi) is 14.1. The van der Waals surface area contributed by atoms with Gasteiger partial charge in [-0.2, -0.15) is 0 Å². The van der Waals surface area contributed by atoms with Crippen LogP contribution in [0, 0.1) is 0 Å². The highest BCUT2D eigenvalue weighted by Gasteiger charge is 2.13. The summed E-state index contributed by atoms with van der Waals surface area (Å²) in [5.41, 5.74) is 8.29. The van der Waals surface area contributed by atoms with E-state index in [-0.39, 0.29) is 13.2 Å². The van der Waals surface area contributed by atoms with Crippen LogP contribution in [0.1, 0.15) is 63.8 Å². The maximum atomic E-state index is 11.9. The van der Waals surface area contributed by atoms with Crippen LogP contribution in [0.3, 0.4) is 0 Å². The highest BCUT2D eigenvalue weighted by Crippen LogP contribution is 2.31. The number of rotatable bonds is 15. The van der Waals surface area contributed by atoms with Crippen molar-refractivity contribution in [3.8, 4) is 11.5 Å². The summed E-state index contributed by atoms with van der Waals surface area (Å²) in [4.78, 5) is 28.5. The molecule has 0 unspecified atom stereocenters. The van der Waals surface area contributed by atoms with Gasteiger partial charge in [-0.15, -0.1) is 0 Å². The molecule has 262 valence electrons. The third-order valence-electron chi connectivity index (χ3n) is 8.29. The molecule has 8 nitrogen and oxygen atoms in total. The Morgan fingerprint density at radius 2 is 0.740 bits per heavy atom. The van der Waals surface area contributed by atoms with Gasteiger partial charge in [0.25, 0.3) is 0 Å². The standard InChI is InChI=1S/C42H48N2O6/c1-7-43(8-2)35-21-13-31(14-22-35)39(32-15-23-36(24-16-32)44(9-3)10-4)29-30-40(33-17-25-37(26-18-33)49-41(45)47-11-5)34-19-27-38(28-20-34)50-42(46)48-12-6/h13-30H,7-12H2,1-6H3. The molecule has 0 fully saturated rings. The quantitative estimate of drug-likeness (QED) is 0.0700. The summed E-state index contributed by atoms with van der Waals surface area (Å²) < 4.78 is 20.5. The third-order valence-corrected chi connectivity index (χ3v) is 8.29. The number of benzene rings is 4. The highest BCUT2D eigenvalue weighted by atomic mass is 16.7. The average Bonchev–Trinajstić information content (AvgIpc) is 3.13. The maximum Gasteiger partial charge on any atom is 0.513 e. The Labute approximate surface area is 296 Å². The molecule has 0 aliphatic heterocycles. The SMILES string of the molecule is CCOC(=O)Oc1ccc(C(=CC=C(c2ccc(N(CC)CC)cc2)c2ccc(N(CC)CC)cc2)c2ccc(OC(=O)OCC)cc2)cc1. The summed E-state index contributed by atoms with van der Waals surface area (Å²) >= 11 is 0. The van der Waals surface area contributed by atoms with Crippen LogP contribution in [-0.2, 0) is 9.47 Å². The third kappa shape index (κ3) is 10.0. The molecule has 50 heavy (non-hydrogen) atoms. The Morgan fingerprint density at radius 1 is 0.460 bits per heavy atom. The van der Waals surface area contributed by atoms with E-state index in [2.05, 4.69) is 98.2 Å². The number of carbonyl (C=O) groups excluding carboxylic acids is 2. The van der Waals surface area contributed by atoms with Gasteiger partial charge < -0.3 is 28.7 Å². The fraction of sp³-hybridized carbons (Fsp3) is 0.286. The predicted octanol–water partition coefficient (Wildman–Crippen LogP) is 10.0. The second-order valence-electron chi connectivity index (χ2n) is 11.2. The zero-order valence-corrected chi connectivity index (χ0v) is 30.0. The van der Waals surface area contributed by atoms with E-state index in [9.17, 15) is 9.59 Å². The predicted molar refractivity (Wildman–Crippen MR) is 202 cm³/mol. The molecule has 0 aliphatic carbocycles. The van der Waals surface area contributed by atoms with Gasteiger partial charge in [0.15, 0.2) is 0 Å². The van der Waals surface area contributed by atoms with E-state index in [1.54, 1.807) is 38.1 Å². The molecule has 0 saturated heterocycles. The van der Waals surface area contributed by atoms with Crippen LogP contribution in [0.15, 0.2) is 109 Å². The van der Waals surface area contributed by atoms with Crippen molar-refractivity contribution in [2.45, 2.75) is 41.5 Å². The van der Waals surface area contributed by atoms with E-state index in [4.69, 9.17) is 18.9 Å². The van der Waals surface area contributed by atoms with Crippen LogP contribution in [0.5, 0.6) is 11.5 Å². The Balaban J connectivity index is 1.83. The molecule has 0 aliphatic rings. The highest BCUT2D eigenvalue weighted by molar-refractivity contribution is 5.87. The van der Waals surface area contributed by atoms with Gasteiger partial charge in [0, 0.05) is 37.6 Å². The summed E-state index contributed by atoms with van der Waals surface area (Å²) in [6.07, 6.45) is 2.73. The molecule has 0 atom stereocenters.